The Balaban J connectivity index is 0.00000150. The molecule has 0 unspecified atom stereocenters. The zero-order chi connectivity index (χ0) is 18.6. The molecule has 0 amide bonds. The predicted octanol–water partition coefficient (Wildman–Crippen LogP) is 5.55. The van der Waals surface area contributed by atoms with E-state index in [1.54, 1.807) is 12.1 Å². The van der Waals surface area contributed by atoms with Crippen LogP contribution in [0, 0.1) is 12.8 Å². The number of halogens is 1. The zero-order valence-corrected chi connectivity index (χ0v) is 17.5. The quantitative estimate of drug-likeness (QED) is 0.571. The van der Waals surface area contributed by atoms with Gasteiger partial charge in [-0.1, -0.05) is 19.3 Å². The van der Waals surface area contributed by atoms with Crippen LogP contribution in [0.4, 0.5) is 11.4 Å². The summed E-state index contributed by atoms with van der Waals surface area (Å²) in [7, 11) is 0. The van der Waals surface area contributed by atoms with Crippen molar-refractivity contribution in [1.82, 2.24) is 4.98 Å². The van der Waals surface area contributed by atoms with Gasteiger partial charge in [0.05, 0.1) is 12.1 Å². The number of benzene rings is 2. The molecule has 1 aromatic heterocycles. The lowest BCUT2D eigenvalue weighted by atomic mass is 9.90. The van der Waals surface area contributed by atoms with Crippen molar-refractivity contribution in [3.05, 3.63) is 54.2 Å². The molecule has 2 aromatic carbocycles. The number of rotatable bonds is 5. The smallest absolute Gasteiger partial charge is 0.119 e. The standard InChI is InChI=1S/C23H26N2O2.ClH.H2O/c1-16-13-23(21-14-19(26)9-12-22(21)24-16)25-18-7-10-20(11-8-18)27-15-17-5-3-2-4-6-17;;/h7-14,17,26H,2-6,15H2,1H3,(H,24,25);1H;1H2. The van der Waals surface area contributed by atoms with Crippen LogP contribution in [0.15, 0.2) is 48.5 Å². The first-order chi connectivity index (χ1) is 13.2. The number of aromatic hydroxyl groups is 1. The molecule has 6 heteroatoms. The van der Waals surface area contributed by atoms with Crippen LogP contribution in [0.3, 0.4) is 0 Å². The third-order valence-corrected chi connectivity index (χ3v) is 5.26. The Morgan fingerprint density at radius 3 is 2.48 bits per heavy atom. The molecule has 0 bridgehead atoms. The number of fused-ring (bicyclic) bond motifs is 1. The van der Waals surface area contributed by atoms with Gasteiger partial charge in [0.25, 0.3) is 0 Å². The van der Waals surface area contributed by atoms with Gasteiger partial charge in [-0.15, -0.1) is 12.4 Å². The van der Waals surface area contributed by atoms with Gasteiger partial charge in [-0.3, -0.25) is 4.98 Å². The van der Waals surface area contributed by atoms with Gasteiger partial charge in [0.2, 0.25) is 0 Å². The van der Waals surface area contributed by atoms with E-state index in [9.17, 15) is 5.11 Å². The lowest BCUT2D eigenvalue weighted by molar-refractivity contribution is 0.209. The summed E-state index contributed by atoms with van der Waals surface area (Å²) in [5.74, 6) is 1.86. The number of nitrogens with one attached hydrogen (secondary N) is 1. The van der Waals surface area contributed by atoms with Crippen LogP contribution in [0.1, 0.15) is 37.8 Å². The Kier molecular flexibility index (Phi) is 8.11. The Bertz CT molecular complexity index is 925. The first-order valence-electron chi connectivity index (χ1n) is 9.78. The summed E-state index contributed by atoms with van der Waals surface area (Å²) < 4.78 is 5.98. The van der Waals surface area contributed by atoms with Crippen LogP contribution in [-0.4, -0.2) is 22.2 Å². The summed E-state index contributed by atoms with van der Waals surface area (Å²) in [4.78, 5) is 4.53. The van der Waals surface area contributed by atoms with Crippen molar-refractivity contribution in [2.24, 2.45) is 5.92 Å². The molecule has 4 rings (SSSR count). The predicted molar refractivity (Wildman–Crippen MR) is 121 cm³/mol. The molecule has 156 valence electrons. The number of hydrogen-bond acceptors (Lipinski definition) is 4. The summed E-state index contributed by atoms with van der Waals surface area (Å²) >= 11 is 0. The van der Waals surface area contributed by atoms with Crippen LogP contribution in [0.5, 0.6) is 11.5 Å². The van der Waals surface area contributed by atoms with Crippen LogP contribution >= 0.6 is 12.4 Å². The number of nitrogens with zero attached hydrogens (tertiary/aromatic N) is 1. The number of aryl methyl sites for hydroxylation is 1. The fourth-order valence-electron chi connectivity index (χ4n) is 3.81. The molecule has 0 aliphatic heterocycles. The number of hydrogen-bond donors (Lipinski definition) is 2. The first-order valence-corrected chi connectivity index (χ1v) is 9.78. The molecule has 0 radical (unpaired) electrons. The number of ether oxygens (including phenoxy) is 1. The molecule has 1 aliphatic rings. The van der Waals surface area contributed by atoms with Crippen LogP contribution in [-0.2, 0) is 0 Å². The molecule has 4 N–H and O–H groups in total. The van der Waals surface area contributed by atoms with Crippen LogP contribution in [0.25, 0.3) is 10.9 Å². The minimum Gasteiger partial charge on any atom is -0.508 e. The second-order valence-electron chi connectivity index (χ2n) is 7.48. The number of aromatic nitrogens is 1. The minimum absolute atomic E-state index is 0. The van der Waals surface area contributed by atoms with Crippen molar-refractivity contribution >= 4 is 34.7 Å². The topological polar surface area (TPSA) is 85.9 Å². The molecule has 1 heterocycles. The molecule has 3 aromatic rings. The van der Waals surface area contributed by atoms with E-state index in [1.165, 1.54) is 32.1 Å². The summed E-state index contributed by atoms with van der Waals surface area (Å²) in [5, 5.41) is 14.2. The average Bonchev–Trinajstić information content (AvgIpc) is 2.69. The lowest BCUT2D eigenvalue weighted by Crippen LogP contribution is -2.15. The maximum absolute atomic E-state index is 9.82. The normalized spacial score (nSPS) is 14.0. The first kappa shape index (κ1) is 22.8. The molecule has 5 nitrogen and oxygen atoms in total. The van der Waals surface area contributed by atoms with Gasteiger partial charge in [0.15, 0.2) is 0 Å². The second kappa shape index (κ2) is 10.3. The van der Waals surface area contributed by atoms with Gasteiger partial charge in [-0.2, -0.15) is 0 Å². The Morgan fingerprint density at radius 2 is 1.76 bits per heavy atom. The third-order valence-electron chi connectivity index (χ3n) is 5.26. The van der Waals surface area contributed by atoms with Crippen molar-refractivity contribution in [2.75, 3.05) is 11.9 Å². The fourth-order valence-corrected chi connectivity index (χ4v) is 3.81. The van der Waals surface area contributed by atoms with E-state index < -0.39 is 0 Å². The molecule has 1 fully saturated rings. The molecular weight excluding hydrogens is 388 g/mol. The Labute approximate surface area is 177 Å². The highest BCUT2D eigenvalue weighted by Gasteiger charge is 2.14. The SMILES string of the molecule is Cc1cc(Nc2ccc(OCC3CCCCC3)cc2)c2cc(O)ccc2n1.Cl.O. The number of phenolic OH excluding ortho intramolecular Hbond substituents is 1. The van der Waals surface area contributed by atoms with Crippen molar-refractivity contribution < 1.29 is 15.3 Å². The van der Waals surface area contributed by atoms with E-state index in [1.807, 2.05) is 43.3 Å². The number of pyridine rings is 1. The van der Waals surface area contributed by atoms with E-state index in [4.69, 9.17) is 4.74 Å². The molecule has 1 aliphatic carbocycles. The molecule has 0 spiro atoms. The highest BCUT2D eigenvalue weighted by atomic mass is 35.5. The molecule has 29 heavy (non-hydrogen) atoms. The maximum atomic E-state index is 9.82. The van der Waals surface area contributed by atoms with Gasteiger partial charge in [0.1, 0.15) is 11.5 Å². The zero-order valence-electron chi connectivity index (χ0n) is 16.6. The van der Waals surface area contributed by atoms with E-state index in [2.05, 4.69) is 10.3 Å². The van der Waals surface area contributed by atoms with E-state index >= 15 is 0 Å². The Morgan fingerprint density at radius 1 is 1.03 bits per heavy atom. The lowest BCUT2D eigenvalue weighted by Gasteiger charge is -2.21. The maximum Gasteiger partial charge on any atom is 0.119 e. The molecular formula is C23H29ClN2O3. The largest absolute Gasteiger partial charge is 0.508 e. The van der Waals surface area contributed by atoms with Gasteiger partial charge >= 0.3 is 0 Å². The monoisotopic (exact) mass is 416 g/mol. The molecule has 0 saturated heterocycles. The summed E-state index contributed by atoms with van der Waals surface area (Å²) in [6, 6.07) is 15.3. The minimum atomic E-state index is 0. The highest BCUT2D eigenvalue weighted by Crippen LogP contribution is 2.30. The van der Waals surface area contributed by atoms with Crippen molar-refractivity contribution in [1.29, 1.82) is 0 Å². The van der Waals surface area contributed by atoms with E-state index in [0.717, 1.165) is 40.3 Å². The number of anilines is 2. The molecule has 0 atom stereocenters. The number of phenols is 1. The van der Waals surface area contributed by atoms with Crippen LogP contribution < -0.4 is 10.1 Å². The summed E-state index contributed by atoms with van der Waals surface area (Å²) in [6.07, 6.45) is 6.64. The van der Waals surface area contributed by atoms with Crippen molar-refractivity contribution in [3.63, 3.8) is 0 Å². The van der Waals surface area contributed by atoms with Crippen molar-refractivity contribution in [2.45, 2.75) is 39.0 Å². The van der Waals surface area contributed by atoms with Gasteiger partial charge in [0, 0.05) is 22.5 Å². The van der Waals surface area contributed by atoms with Gasteiger partial charge < -0.3 is 20.6 Å². The average molecular weight is 417 g/mol. The van der Waals surface area contributed by atoms with Crippen molar-refractivity contribution in [3.8, 4) is 11.5 Å². The van der Waals surface area contributed by atoms with E-state index in [0.29, 0.717) is 5.92 Å². The summed E-state index contributed by atoms with van der Waals surface area (Å²) in [6.45, 7) is 2.79. The van der Waals surface area contributed by atoms with Gasteiger partial charge in [-0.25, -0.2) is 0 Å². The Hall–Kier alpha value is -2.50. The summed E-state index contributed by atoms with van der Waals surface area (Å²) in [5.41, 5.74) is 3.71. The third kappa shape index (κ3) is 5.75. The van der Waals surface area contributed by atoms with E-state index in [-0.39, 0.29) is 23.6 Å². The molecule has 1 saturated carbocycles. The fraction of sp³-hybridized carbons (Fsp3) is 0.348. The highest BCUT2D eigenvalue weighted by molar-refractivity contribution is 5.94. The van der Waals surface area contributed by atoms with Crippen LogP contribution in [0.2, 0.25) is 0 Å². The van der Waals surface area contributed by atoms with Gasteiger partial charge in [-0.05, 0) is 74.2 Å². The second-order valence-corrected chi connectivity index (χ2v) is 7.48.